The van der Waals surface area contributed by atoms with Gasteiger partial charge in [-0.2, -0.15) is 5.06 Å². The molecule has 0 bridgehead atoms. The number of halogens is 3. The molecule has 1 amide bonds. The van der Waals surface area contributed by atoms with E-state index in [4.69, 9.17) is 14.3 Å². The Morgan fingerprint density at radius 2 is 1.68 bits per heavy atom. The molecule has 0 aliphatic carbocycles. The Morgan fingerprint density at radius 3 is 2.12 bits per heavy atom. The van der Waals surface area contributed by atoms with Gasteiger partial charge in [0.05, 0.1) is 19.3 Å². The molecule has 1 aromatic rings. The summed E-state index contributed by atoms with van der Waals surface area (Å²) in [5.41, 5.74) is -2.44. The lowest BCUT2D eigenvalue weighted by Crippen LogP contribution is -2.45. The van der Waals surface area contributed by atoms with Crippen molar-refractivity contribution in [2.24, 2.45) is 0 Å². The lowest BCUT2D eigenvalue weighted by atomic mass is 9.84. The standard InChI is InChI=1S/C15H20BF3NO5/c1-15(2,3)25-14(22)20(9-13(21)16(17,18)19)24-10-11-5-7-12(23-4)8-6-11/h5-8H,9-10H2,1-4H3/q-1. The number of carbonyl (C=O) groups is 2. The van der Waals surface area contributed by atoms with Gasteiger partial charge in [-0.25, -0.2) is 4.79 Å². The molecule has 25 heavy (non-hydrogen) atoms. The molecule has 0 aliphatic heterocycles. The van der Waals surface area contributed by atoms with E-state index < -0.39 is 30.9 Å². The molecule has 0 spiro atoms. The van der Waals surface area contributed by atoms with Gasteiger partial charge in [0.25, 0.3) is 0 Å². The molecule has 0 saturated heterocycles. The summed E-state index contributed by atoms with van der Waals surface area (Å²) in [5.74, 6) is 0.586. The van der Waals surface area contributed by atoms with E-state index in [-0.39, 0.29) is 11.7 Å². The number of ether oxygens (including phenoxy) is 2. The molecule has 1 aromatic carbocycles. The van der Waals surface area contributed by atoms with Crippen LogP contribution < -0.4 is 4.74 Å². The highest BCUT2D eigenvalue weighted by Gasteiger charge is 2.36. The molecule has 0 heterocycles. The van der Waals surface area contributed by atoms with E-state index in [1.807, 2.05) is 0 Å². The highest BCUT2D eigenvalue weighted by Crippen LogP contribution is 2.16. The average molecular weight is 362 g/mol. The summed E-state index contributed by atoms with van der Waals surface area (Å²) in [4.78, 5) is 28.3. The number of rotatable bonds is 7. The number of hydroxylamine groups is 2. The highest BCUT2D eigenvalue weighted by atomic mass is 19.4. The third kappa shape index (κ3) is 7.46. The summed E-state index contributed by atoms with van der Waals surface area (Å²) < 4.78 is 47.5. The first-order chi connectivity index (χ1) is 11.4. The second-order valence-electron chi connectivity index (χ2n) is 6.18. The lowest BCUT2D eigenvalue weighted by Gasteiger charge is -2.27. The SMILES string of the molecule is COc1ccc(CON(CC(=O)[B-](F)(F)F)C(=O)OC(C)(C)C)cc1. The van der Waals surface area contributed by atoms with Crippen molar-refractivity contribution in [3.63, 3.8) is 0 Å². The fourth-order valence-corrected chi connectivity index (χ4v) is 1.60. The van der Waals surface area contributed by atoms with Crippen LogP contribution in [0.15, 0.2) is 24.3 Å². The fourth-order valence-electron chi connectivity index (χ4n) is 1.60. The lowest BCUT2D eigenvalue weighted by molar-refractivity contribution is -0.161. The predicted molar refractivity (Wildman–Crippen MR) is 84.8 cm³/mol. The maximum atomic E-state index is 12.5. The van der Waals surface area contributed by atoms with Gasteiger partial charge in [-0.15, -0.1) is 0 Å². The Balaban J connectivity index is 2.82. The van der Waals surface area contributed by atoms with E-state index >= 15 is 0 Å². The van der Waals surface area contributed by atoms with Crippen LogP contribution in [0.4, 0.5) is 17.7 Å². The molecule has 140 valence electrons. The summed E-state index contributed by atoms with van der Waals surface area (Å²) in [6.07, 6.45) is -1.17. The van der Waals surface area contributed by atoms with Crippen molar-refractivity contribution in [2.75, 3.05) is 13.7 Å². The number of hydrogen-bond donors (Lipinski definition) is 0. The Hall–Kier alpha value is -2.23. The van der Waals surface area contributed by atoms with Gasteiger partial charge in [0.2, 0.25) is 0 Å². The second kappa shape index (κ2) is 8.24. The van der Waals surface area contributed by atoms with Crippen LogP contribution in [-0.4, -0.2) is 43.1 Å². The van der Waals surface area contributed by atoms with Gasteiger partial charge in [-0.1, -0.05) is 12.1 Å². The average Bonchev–Trinajstić information content (AvgIpc) is 2.48. The van der Waals surface area contributed by atoms with Gasteiger partial charge in [0, 0.05) is 0 Å². The first kappa shape index (κ1) is 20.8. The Labute approximate surface area is 143 Å². The summed E-state index contributed by atoms with van der Waals surface area (Å²) in [5, 5.41) is 0.285. The topological polar surface area (TPSA) is 65.1 Å². The third-order valence-electron chi connectivity index (χ3n) is 2.81. The summed E-state index contributed by atoms with van der Waals surface area (Å²) in [6.45, 7) is -2.59. The van der Waals surface area contributed by atoms with Crippen molar-refractivity contribution in [1.29, 1.82) is 0 Å². The van der Waals surface area contributed by atoms with Crippen LogP contribution in [0.2, 0.25) is 0 Å². The molecule has 0 saturated carbocycles. The van der Waals surface area contributed by atoms with Crippen LogP contribution in [-0.2, 0) is 21.0 Å². The molecule has 0 aromatic heterocycles. The smallest absolute Gasteiger partial charge is 0.497 e. The summed E-state index contributed by atoms with van der Waals surface area (Å²) >= 11 is 0. The molecule has 0 fully saturated rings. The molecule has 1 rings (SSSR count). The van der Waals surface area contributed by atoms with Gasteiger partial charge in [0.15, 0.2) is 0 Å². The maximum Gasteiger partial charge on any atom is 0.546 e. The minimum absolute atomic E-state index is 0.221. The van der Waals surface area contributed by atoms with Crippen LogP contribution in [0.1, 0.15) is 26.3 Å². The normalized spacial score (nSPS) is 11.8. The number of carbonyl (C=O) groups excluding carboxylic acids is 2. The second-order valence-corrected chi connectivity index (χ2v) is 6.18. The van der Waals surface area contributed by atoms with Crippen molar-refractivity contribution in [2.45, 2.75) is 33.0 Å². The van der Waals surface area contributed by atoms with Gasteiger partial charge in [-0.05, 0) is 38.5 Å². The van der Waals surface area contributed by atoms with Crippen molar-refractivity contribution in [1.82, 2.24) is 5.06 Å². The van der Waals surface area contributed by atoms with Crippen molar-refractivity contribution >= 4 is 18.8 Å². The molecular weight excluding hydrogens is 342 g/mol. The minimum Gasteiger partial charge on any atom is -0.497 e. The van der Waals surface area contributed by atoms with E-state index in [2.05, 4.69) is 0 Å². The molecule has 0 N–H and O–H groups in total. The van der Waals surface area contributed by atoms with Crippen LogP contribution in [0, 0.1) is 0 Å². The molecule has 10 heteroatoms. The van der Waals surface area contributed by atoms with Crippen LogP contribution >= 0.6 is 0 Å². The van der Waals surface area contributed by atoms with Gasteiger partial charge < -0.3 is 27.2 Å². The highest BCUT2D eigenvalue weighted by molar-refractivity contribution is 6.91. The summed E-state index contributed by atoms with van der Waals surface area (Å²) in [7, 11) is 1.49. The molecule has 0 atom stereocenters. The molecule has 0 aliphatic rings. The number of hydrogen-bond acceptors (Lipinski definition) is 5. The number of methoxy groups -OCH3 is 1. The molecule has 0 unspecified atom stereocenters. The minimum atomic E-state index is -5.73. The Kier molecular flexibility index (Phi) is 6.86. The molecule has 6 nitrogen and oxygen atoms in total. The zero-order valence-corrected chi connectivity index (χ0v) is 14.4. The quantitative estimate of drug-likeness (QED) is 0.550. The number of benzene rings is 1. The Morgan fingerprint density at radius 1 is 1.12 bits per heavy atom. The van der Waals surface area contributed by atoms with Crippen LogP contribution in [0.5, 0.6) is 5.75 Å². The van der Waals surface area contributed by atoms with Gasteiger partial charge in [0.1, 0.15) is 18.0 Å². The van der Waals surface area contributed by atoms with E-state index in [1.54, 1.807) is 45.0 Å². The first-order valence-corrected chi connectivity index (χ1v) is 7.41. The van der Waals surface area contributed by atoms with Gasteiger partial charge >= 0.3 is 13.1 Å². The van der Waals surface area contributed by atoms with E-state index in [9.17, 15) is 22.5 Å². The zero-order valence-electron chi connectivity index (χ0n) is 14.4. The number of amides is 1. The van der Waals surface area contributed by atoms with Crippen molar-refractivity contribution in [3.8, 4) is 5.75 Å². The fraction of sp³-hybridized carbons (Fsp3) is 0.467. The Bertz CT molecular complexity index is 599. The number of nitrogens with zero attached hydrogens (tertiary/aromatic N) is 1. The van der Waals surface area contributed by atoms with Crippen LogP contribution in [0.3, 0.4) is 0 Å². The first-order valence-electron chi connectivity index (χ1n) is 7.41. The summed E-state index contributed by atoms with van der Waals surface area (Å²) in [6, 6.07) is 6.48. The van der Waals surface area contributed by atoms with Crippen LogP contribution in [0.25, 0.3) is 0 Å². The predicted octanol–water partition coefficient (Wildman–Crippen LogP) is 3.32. The molecular formula is C15H20BF3NO5-. The monoisotopic (exact) mass is 362 g/mol. The maximum absolute atomic E-state index is 12.5. The third-order valence-corrected chi connectivity index (χ3v) is 2.81. The van der Waals surface area contributed by atoms with Gasteiger partial charge in [-0.3, -0.25) is 4.84 Å². The van der Waals surface area contributed by atoms with E-state index in [0.29, 0.717) is 11.3 Å². The zero-order chi connectivity index (χ0) is 19.3. The van der Waals surface area contributed by atoms with Crippen molar-refractivity contribution in [3.05, 3.63) is 29.8 Å². The van der Waals surface area contributed by atoms with E-state index in [0.717, 1.165) is 0 Å². The largest absolute Gasteiger partial charge is 0.546 e. The van der Waals surface area contributed by atoms with E-state index in [1.165, 1.54) is 7.11 Å². The molecule has 0 radical (unpaired) electrons. The van der Waals surface area contributed by atoms with Crippen molar-refractivity contribution < 1.29 is 36.8 Å².